The van der Waals surface area contributed by atoms with Crippen LogP contribution in [0, 0.1) is 28.6 Å². The summed E-state index contributed by atoms with van der Waals surface area (Å²) in [7, 11) is 3.38. The molecule has 5 saturated heterocycles. The van der Waals surface area contributed by atoms with E-state index in [2.05, 4.69) is 13.8 Å². The Bertz CT molecular complexity index is 770. The van der Waals surface area contributed by atoms with E-state index in [-0.39, 0.29) is 59.7 Å². The maximum Gasteiger partial charge on any atom is 0.302 e. The number of rotatable bonds is 4. The van der Waals surface area contributed by atoms with E-state index in [0.29, 0.717) is 12.5 Å². The molecule has 1 unspecified atom stereocenters. The molecular weight excluding hydrogens is 416 g/mol. The highest BCUT2D eigenvalue weighted by Gasteiger charge is 2.82. The molecule has 0 aromatic carbocycles. The van der Waals surface area contributed by atoms with Crippen LogP contribution in [0.4, 0.5) is 0 Å². The van der Waals surface area contributed by atoms with Crippen molar-refractivity contribution < 1.29 is 38.0 Å². The van der Waals surface area contributed by atoms with E-state index >= 15 is 0 Å². The van der Waals surface area contributed by atoms with Gasteiger partial charge in [-0.1, -0.05) is 13.8 Å². The van der Waals surface area contributed by atoms with Gasteiger partial charge in [0.15, 0.2) is 18.9 Å². The van der Waals surface area contributed by atoms with Crippen LogP contribution in [0.2, 0.25) is 0 Å². The fourth-order valence-corrected chi connectivity index (χ4v) is 8.39. The third kappa shape index (κ3) is 2.62. The van der Waals surface area contributed by atoms with Crippen LogP contribution in [-0.4, -0.2) is 69.6 Å². The fraction of sp³-hybridized carbons (Fsp3) is 0.958. The van der Waals surface area contributed by atoms with Gasteiger partial charge in [-0.25, -0.2) is 0 Å². The molecule has 5 heterocycles. The molecule has 7 fully saturated rings. The molecule has 2 spiro atoms. The molecular formula is C24H36O8. The van der Waals surface area contributed by atoms with Crippen molar-refractivity contribution >= 4 is 5.97 Å². The Labute approximate surface area is 189 Å². The number of esters is 1. The van der Waals surface area contributed by atoms with Gasteiger partial charge in [-0.2, -0.15) is 0 Å². The molecule has 12 atom stereocenters. The Morgan fingerprint density at radius 1 is 1.03 bits per heavy atom. The number of epoxide rings is 1. The Hall–Kier alpha value is -0.770. The van der Waals surface area contributed by atoms with E-state index in [1.54, 1.807) is 14.2 Å². The van der Waals surface area contributed by atoms with Gasteiger partial charge in [0.05, 0.1) is 24.2 Å². The topological polar surface area (TPSA) is 85.0 Å². The second-order valence-electron chi connectivity index (χ2n) is 11.2. The van der Waals surface area contributed by atoms with E-state index in [0.717, 1.165) is 32.1 Å². The normalized spacial score (nSPS) is 58.0. The molecule has 8 heteroatoms. The van der Waals surface area contributed by atoms with E-state index in [1.165, 1.54) is 6.92 Å². The molecule has 0 N–H and O–H groups in total. The van der Waals surface area contributed by atoms with Gasteiger partial charge in [0, 0.05) is 45.3 Å². The SMILES string of the molecule is COC1O[C@@H]2C[C@@H]3[C@@](C)([C@@H]4C[C@H]5C[C@@H](OC)O[C@H]5O4)[C@H](C)C[C@H](OC(C)=O)[C@]13[C@@]1(CO1)C2. The Morgan fingerprint density at radius 2 is 1.81 bits per heavy atom. The predicted octanol–water partition coefficient (Wildman–Crippen LogP) is 2.62. The largest absolute Gasteiger partial charge is 0.462 e. The van der Waals surface area contributed by atoms with Crippen molar-refractivity contribution in [2.24, 2.45) is 28.6 Å². The van der Waals surface area contributed by atoms with Crippen molar-refractivity contribution in [1.82, 2.24) is 0 Å². The molecule has 0 amide bonds. The summed E-state index contributed by atoms with van der Waals surface area (Å²) in [5.41, 5.74) is -1.04. The standard InChI is InChI=1S/C24H36O8/c1-12-6-18(29-13(2)25)24-16(9-15(30-21(24)27-5)10-23(24)11-28-23)22(12,3)17-7-14-8-19(26-4)32-20(14)31-17/h12,14-21H,6-11H2,1-5H3/t12-,14+,15-,16-,17+,18+,19+,20-,21?,22+,23+,24+/m1/s1. The minimum atomic E-state index is -0.541. The Morgan fingerprint density at radius 3 is 2.44 bits per heavy atom. The smallest absolute Gasteiger partial charge is 0.302 e. The number of methoxy groups -OCH3 is 2. The van der Waals surface area contributed by atoms with E-state index in [9.17, 15) is 4.79 Å². The van der Waals surface area contributed by atoms with E-state index in [4.69, 9.17) is 33.2 Å². The van der Waals surface area contributed by atoms with Gasteiger partial charge in [-0.15, -0.1) is 0 Å². The lowest BCUT2D eigenvalue weighted by Gasteiger charge is -2.69. The second kappa shape index (κ2) is 7.12. The monoisotopic (exact) mass is 452 g/mol. The first kappa shape index (κ1) is 21.7. The predicted molar refractivity (Wildman–Crippen MR) is 110 cm³/mol. The van der Waals surface area contributed by atoms with Crippen LogP contribution in [0.5, 0.6) is 0 Å². The molecule has 2 aliphatic carbocycles. The van der Waals surface area contributed by atoms with Gasteiger partial charge >= 0.3 is 5.97 Å². The van der Waals surface area contributed by atoms with Crippen LogP contribution >= 0.6 is 0 Å². The van der Waals surface area contributed by atoms with Crippen molar-refractivity contribution in [2.45, 2.75) is 95.7 Å². The lowest BCUT2D eigenvalue weighted by molar-refractivity contribution is -0.380. The zero-order valence-electron chi connectivity index (χ0n) is 19.7. The van der Waals surface area contributed by atoms with Crippen molar-refractivity contribution in [3.8, 4) is 0 Å². The van der Waals surface area contributed by atoms with Crippen molar-refractivity contribution in [3.05, 3.63) is 0 Å². The molecule has 180 valence electrons. The van der Waals surface area contributed by atoms with Gasteiger partial charge < -0.3 is 33.2 Å². The van der Waals surface area contributed by atoms with Crippen LogP contribution in [0.3, 0.4) is 0 Å². The van der Waals surface area contributed by atoms with Gasteiger partial charge in [0.2, 0.25) is 0 Å². The lowest BCUT2D eigenvalue weighted by atomic mass is 9.40. The summed E-state index contributed by atoms with van der Waals surface area (Å²) in [6.07, 6.45) is 3.26. The van der Waals surface area contributed by atoms with Crippen LogP contribution < -0.4 is 0 Å². The molecule has 2 bridgehead atoms. The van der Waals surface area contributed by atoms with E-state index < -0.39 is 11.7 Å². The number of hydrogen-bond donors (Lipinski definition) is 0. The third-order valence-electron chi connectivity index (χ3n) is 9.99. The summed E-state index contributed by atoms with van der Waals surface area (Å²) in [5.74, 6) is 0.558. The first-order chi connectivity index (χ1) is 15.3. The summed E-state index contributed by atoms with van der Waals surface area (Å²) in [6.45, 7) is 6.81. The lowest BCUT2D eigenvalue weighted by Crippen LogP contribution is -2.76. The van der Waals surface area contributed by atoms with Gasteiger partial charge in [-0.3, -0.25) is 4.79 Å². The average Bonchev–Trinajstić information content (AvgIpc) is 3.22. The second-order valence-corrected chi connectivity index (χ2v) is 11.2. The van der Waals surface area contributed by atoms with Gasteiger partial charge in [0.25, 0.3) is 0 Å². The van der Waals surface area contributed by atoms with E-state index in [1.807, 2.05) is 0 Å². The Balaban J connectivity index is 1.41. The summed E-state index contributed by atoms with van der Waals surface area (Å²) in [6, 6.07) is 0. The molecule has 0 radical (unpaired) electrons. The average molecular weight is 453 g/mol. The molecule has 0 aromatic rings. The molecule has 0 aromatic heterocycles. The van der Waals surface area contributed by atoms with Crippen molar-refractivity contribution in [3.63, 3.8) is 0 Å². The number of ether oxygens (including phenoxy) is 7. The maximum atomic E-state index is 12.2. The van der Waals surface area contributed by atoms with Crippen LogP contribution in [0.1, 0.15) is 52.9 Å². The molecule has 5 aliphatic heterocycles. The van der Waals surface area contributed by atoms with Crippen molar-refractivity contribution in [1.29, 1.82) is 0 Å². The summed E-state index contributed by atoms with van der Waals surface area (Å²) >= 11 is 0. The third-order valence-corrected chi connectivity index (χ3v) is 9.99. The van der Waals surface area contributed by atoms with Gasteiger partial charge in [0.1, 0.15) is 11.7 Å². The fourth-order valence-electron chi connectivity index (χ4n) is 8.39. The molecule has 32 heavy (non-hydrogen) atoms. The maximum absolute atomic E-state index is 12.2. The minimum Gasteiger partial charge on any atom is -0.462 e. The van der Waals surface area contributed by atoms with Crippen LogP contribution in [-0.2, 0) is 38.0 Å². The highest BCUT2D eigenvalue weighted by atomic mass is 16.8. The summed E-state index contributed by atoms with van der Waals surface area (Å²) in [5, 5.41) is 0. The number of carbonyl (C=O) groups is 1. The molecule has 7 rings (SSSR count). The first-order valence-electron chi connectivity index (χ1n) is 12.1. The quantitative estimate of drug-likeness (QED) is 0.475. The number of carbonyl (C=O) groups excluding carboxylic acids is 1. The summed E-state index contributed by atoms with van der Waals surface area (Å²) < 4.78 is 42.7. The van der Waals surface area contributed by atoms with Gasteiger partial charge in [-0.05, 0) is 31.1 Å². The highest BCUT2D eigenvalue weighted by molar-refractivity contribution is 5.66. The molecule has 8 nitrogen and oxygen atoms in total. The first-order valence-corrected chi connectivity index (χ1v) is 12.1. The molecule has 7 aliphatic rings. The minimum absolute atomic E-state index is 0.0538. The number of hydrogen-bond acceptors (Lipinski definition) is 8. The molecule has 2 saturated carbocycles. The zero-order valence-corrected chi connectivity index (χ0v) is 19.7. The van der Waals surface area contributed by atoms with Crippen LogP contribution in [0.15, 0.2) is 0 Å². The zero-order chi connectivity index (χ0) is 22.5. The summed E-state index contributed by atoms with van der Waals surface area (Å²) in [4.78, 5) is 12.2. The number of fused-ring (bicyclic) bond motifs is 2. The highest BCUT2D eigenvalue weighted by Crippen LogP contribution is 2.74. The van der Waals surface area contributed by atoms with Crippen LogP contribution in [0.25, 0.3) is 0 Å². The Kier molecular flexibility index (Phi) is 4.84. The van der Waals surface area contributed by atoms with Crippen molar-refractivity contribution in [2.75, 3.05) is 20.8 Å².